The van der Waals surface area contributed by atoms with E-state index in [0.717, 1.165) is 31.5 Å². The van der Waals surface area contributed by atoms with Gasteiger partial charge in [-0.3, -0.25) is 4.79 Å². The second-order valence-electron chi connectivity index (χ2n) is 7.34. The van der Waals surface area contributed by atoms with Crippen molar-refractivity contribution in [2.24, 2.45) is 17.6 Å². The first-order valence-electron chi connectivity index (χ1n) is 9.15. The second-order valence-corrected chi connectivity index (χ2v) is 7.34. The Labute approximate surface area is 138 Å². The molecule has 0 bridgehead atoms. The van der Waals surface area contributed by atoms with Crippen LogP contribution in [0.15, 0.2) is 24.3 Å². The quantitative estimate of drug-likeness (QED) is 0.882. The summed E-state index contributed by atoms with van der Waals surface area (Å²) in [7, 11) is 0. The summed E-state index contributed by atoms with van der Waals surface area (Å²) < 4.78 is 0. The van der Waals surface area contributed by atoms with Crippen LogP contribution in [0.25, 0.3) is 0 Å². The second kappa shape index (κ2) is 6.16. The number of hydrogen-bond acceptors (Lipinski definition) is 3. The van der Waals surface area contributed by atoms with Crippen molar-refractivity contribution >= 4 is 11.6 Å². The van der Waals surface area contributed by atoms with Gasteiger partial charge >= 0.3 is 0 Å². The van der Waals surface area contributed by atoms with E-state index in [0.29, 0.717) is 18.4 Å². The van der Waals surface area contributed by atoms with Crippen molar-refractivity contribution in [2.75, 3.05) is 18.4 Å². The lowest BCUT2D eigenvalue weighted by Crippen LogP contribution is -2.45. The van der Waals surface area contributed by atoms with E-state index in [1.165, 1.54) is 24.8 Å². The van der Waals surface area contributed by atoms with Gasteiger partial charge in [0.2, 0.25) is 5.91 Å². The van der Waals surface area contributed by atoms with Crippen LogP contribution in [0.5, 0.6) is 0 Å². The van der Waals surface area contributed by atoms with Gasteiger partial charge in [0.15, 0.2) is 0 Å². The molecule has 1 amide bonds. The number of amides is 1. The number of likely N-dealkylation sites (tertiary alicyclic amines) is 1. The monoisotopic (exact) mass is 313 g/mol. The predicted molar refractivity (Wildman–Crippen MR) is 92.0 cm³/mol. The molecular formula is C19H27N3O. The van der Waals surface area contributed by atoms with Crippen LogP contribution in [0.3, 0.4) is 0 Å². The zero-order chi connectivity index (χ0) is 15.8. The molecule has 2 unspecified atom stereocenters. The van der Waals surface area contributed by atoms with Gasteiger partial charge in [0, 0.05) is 36.7 Å². The van der Waals surface area contributed by atoms with Crippen LogP contribution in [-0.2, 0) is 4.79 Å². The highest BCUT2D eigenvalue weighted by Crippen LogP contribution is 2.47. The molecule has 0 spiro atoms. The Morgan fingerprint density at radius 1 is 1.17 bits per heavy atom. The summed E-state index contributed by atoms with van der Waals surface area (Å²) in [4.78, 5) is 15.3. The van der Waals surface area contributed by atoms with Gasteiger partial charge in [0.05, 0.1) is 6.04 Å². The van der Waals surface area contributed by atoms with Gasteiger partial charge in [-0.15, -0.1) is 0 Å². The van der Waals surface area contributed by atoms with Crippen LogP contribution in [0, 0.1) is 11.8 Å². The largest absolute Gasteiger partial charge is 0.380 e. The zero-order valence-corrected chi connectivity index (χ0v) is 13.7. The van der Waals surface area contributed by atoms with E-state index in [9.17, 15) is 4.79 Å². The molecule has 1 aromatic rings. The molecule has 3 aliphatic rings. The normalized spacial score (nSPS) is 30.5. The topological polar surface area (TPSA) is 58.4 Å². The lowest BCUT2D eigenvalue weighted by atomic mass is 9.82. The van der Waals surface area contributed by atoms with E-state index in [-0.39, 0.29) is 18.0 Å². The third-order valence-corrected chi connectivity index (χ3v) is 6.07. The molecular weight excluding hydrogens is 286 g/mol. The third-order valence-electron chi connectivity index (χ3n) is 6.07. The molecule has 2 heterocycles. The van der Waals surface area contributed by atoms with Gasteiger partial charge < -0.3 is 16.0 Å². The number of hydrogen-bond donors (Lipinski definition) is 2. The molecule has 1 saturated heterocycles. The first-order valence-corrected chi connectivity index (χ1v) is 9.15. The summed E-state index contributed by atoms with van der Waals surface area (Å²) in [5, 5.41) is 3.59. The Balaban J connectivity index is 1.64. The van der Waals surface area contributed by atoms with E-state index in [4.69, 9.17) is 5.73 Å². The van der Waals surface area contributed by atoms with E-state index in [2.05, 4.69) is 34.5 Å². The van der Waals surface area contributed by atoms with Crippen molar-refractivity contribution in [1.82, 2.24) is 4.90 Å². The van der Waals surface area contributed by atoms with E-state index < -0.39 is 0 Å². The van der Waals surface area contributed by atoms with E-state index in [1.54, 1.807) is 0 Å². The number of benzene rings is 1. The maximum Gasteiger partial charge on any atom is 0.226 e. The molecule has 3 N–H and O–H groups in total. The van der Waals surface area contributed by atoms with Crippen LogP contribution >= 0.6 is 0 Å². The lowest BCUT2D eigenvalue weighted by molar-refractivity contribution is -0.138. The molecule has 1 aliphatic carbocycles. The number of nitrogens with one attached hydrogen (secondary N) is 1. The molecule has 1 aromatic carbocycles. The lowest BCUT2D eigenvalue weighted by Gasteiger charge is -2.40. The number of rotatable bonds is 2. The first kappa shape index (κ1) is 15.0. The average molecular weight is 313 g/mol. The van der Waals surface area contributed by atoms with Gasteiger partial charge in [-0.25, -0.2) is 0 Å². The van der Waals surface area contributed by atoms with Gasteiger partial charge in [-0.1, -0.05) is 37.5 Å². The minimum absolute atomic E-state index is 0.218. The smallest absolute Gasteiger partial charge is 0.226 e. The number of carbonyl (C=O) groups excluding carboxylic acids is 1. The molecule has 124 valence electrons. The number of nitrogens with zero attached hydrogens (tertiary/aromatic N) is 1. The van der Waals surface area contributed by atoms with Crippen LogP contribution in [0.1, 0.15) is 50.1 Å². The van der Waals surface area contributed by atoms with Crippen molar-refractivity contribution in [3.8, 4) is 0 Å². The summed E-state index contributed by atoms with van der Waals surface area (Å²) >= 11 is 0. The highest BCUT2D eigenvalue weighted by molar-refractivity contribution is 5.80. The number of para-hydroxylation sites is 1. The summed E-state index contributed by atoms with van der Waals surface area (Å²) in [6.45, 7) is 1.51. The Kier molecular flexibility index (Phi) is 4.02. The summed E-state index contributed by atoms with van der Waals surface area (Å²) in [6, 6.07) is 8.94. The fourth-order valence-electron chi connectivity index (χ4n) is 4.89. The number of fused-ring (bicyclic) bond motifs is 3. The van der Waals surface area contributed by atoms with E-state index >= 15 is 0 Å². The Morgan fingerprint density at radius 2 is 1.96 bits per heavy atom. The standard InChI is InChI=1S/C19H27N3O/c20-12-17-15-10-11-22(19(23)13-6-2-1-3-7-13)18(15)14-8-4-5-9-16(14)21-17/h4-5,8-9,13,15,17-18,21H,1-3,6-7,10-12,20H2/t15-,17?,18?/m0/s1. The molecule has 2 aliphatic heterocycles. The van der Waals surface area contributed by atoms with Crippen molar-refractivity contribution in [2.45, 2.75) is 50.6 Å². The zero-order valence-electron chi connectivity index (χ0n) is 13.7. The SMILES string of the molecule is NCC1Nc2ccccc2C2[C@H]1CCN2C(=O)C1CCCCC1. The fourth-order valence-corrected chi connectivity index (χ4v) is 4.89. The van der Waals surface area contributed by atoms with Crippen LogP contribution in [0.2, 0.25) is 0 Å². The fraction of sp³-hybridized carbons (Fsp3) is 0.632. The van der Waals surface area contributed by atoms with Crippen LogP contribution in [0.4, 0.5) is 5.69 Å². The van der Waals surface area contributed by atoms with Crippen molar-refractivity contribution in [3.63, 3.8) is 0 Å². The van der Waals surface area contributed by atoms with Crippen molar-refractivity contribution < 1.29 is 4.79 Å². The van der Waals surface area contributed by atoms with Crippen LogP contribution < -0.4 is 11.1 Å². The van der Waals surface area contributed by atoms with E-state index in [1.807, 2.05) is 0 Å². The Morgan fingerprint density at radius 3 is 2.74 bits per heavy atom. The number of anilines is 1. The molecule has 4 rings (SSSR count). The highest BCUT2D eigenvalue weighted by Gasteiger charge is 2.46. The molecule has 3 atom stereocenters. The summed E-state index contributed by atoms with van der Waals surface area (Å²) in [5.41, 5.74) is 8.46. The first-order chi connectivity index (χ1) is 11.3. The van der Waals surface area contributed by atoms with Gasteiger partial charge in [0.25, 0.3) is 0 Å². The molecule has 0 radical (unpaired) electrons. The van der Waals surface area contributed by atoms with Crippen LogP contribution in [-0.4, -0.2) is 29.9 Å². The summed E-state index contributed by atoms with van der Waals surface area (Å²) in [5.74, 6) is 1.09. The Hall–Kier alpha value is -1.55. The van der Waals surface area contributed by atoms with Crippen molar-refractivity contribution in [3.05, 3.63) is 29.8 Å². The van der Waals surface area contributed by atoms with Gasteiger partial charge in [-0.2, -0.15) is 0 Å². The molecule has 1 saturated carbocycles. The minimum atomic E-state index is 0.218. The molecule has 4 nitrogen and oxygen atoms in total. The van der Waals surface area contributed by atoms with Gasteiger partial charge in [0.1, 0.15) is 0 Å². The maximum atomic E-state index is 13.1. The number of carbonyl (C=O) groups is 1. The summed E-state index contributed by atoms with van der Waals surface area (Å²) in [6.07, 6.45) is 6.92. The minimum Gasteiger partial charge on any atom is -0.380 e. The molecule has 4 heteroatoms. The maximum absolute atomic E-state index is 13.1. The average Bonchev–Trinajstić information content (AvgIpc) is 3.06. The third kappa shape index (κ3) is 2.53. The van der Waals surface area contributed by atoms with Gasteiger partial charge in [-0.05, 0) is 30.9 Å². The predicted octanol–water partition coefficient (Wildman–Crippen LogP) is 2.91. The Bertz CT molecular complexity index is 582. The molecule has 23 heavy (non-hydrogen) atoms. The highest BCUT2D eigenvalue weighted by atomic mass is 16.2. The number of nitrogens with two attached hydrogens (primary N) is 1. The van der Waals surface area contributed by atoms with Crippen molar-refractivity contribution in [1.29, 1.82) is 0 Å². The molecule has 0 aromatic heterocycles. The molecule has 2 fully saturated rings.